The maximum atomic E-state index is 12.8. The van der Waals surface area contributed by atoms with Gasteiger partial charge in [-0.05, 0) is 11.8 Å². The van der Waals surface area contributed by atoms with Crippen molar-refractivity contribution in [2.45, 2.75) is 52.7 Å². The molecule has 0 aromatic carbocycles. The molecule has 1 aliphatic heterocycles. The molecule has 6 nitrogen and oxygen atoms in total. The summed E-state index contributed by atoms with van der Waals surface area (Å²) in [4.78, 5) is 26.8. The number of carbonyl (C=O) groups is 2. The topological polar surface area (TPSA) is 75.4 Å². The molecule has 0 aliphatic carbocycles. The van der Waals surface area contributed by atoms with E-state index in [0.717, 1.165) is 6.42 Å². The van der Waals surface area contributed by atoms with Gasteiger partial charge in [0.25, 0.3) is 0 Å². The predicted molar refractivity (Wildman–Crippen MR) is 77.1 cm³/mol. The minimum Gasteiger partial charge on any atom is -0.360 e. The van der Waals surface area contributed by atoms with Crippen molar-refractivity contribution in [3.63, 3.8) is 0 Å². The van der Waals surface area contributed by atoms with Crippen molar-refractivity contribution in [2.75, 3.05) is 0 Å². The van der Waals surface area contributed by atoms with Crippen LogP contribution >= 0.6 is 0 Å². The van der Waals surface area contributed by atoms with Crippen molar-refractivity contribution in [1.82, 2.24) is 15.4 Å². The van der Waals surface area contributed by atoms with Gasteiger partial charge in [-0.1, -0.05) is 39.3 Å². The highest BCUT2D eigenvalue weighted by molar-refractivity contribution is 5.97. The Morgan fingerprint density at radius 1 is 1.38 bits per heavy atom. The van der Waals surface area contributed by atoms with Crippen molar-refractivity contribution in [1.29, 1.82) is 0 Å². The summed E-state index contributed by atoms with van der Waals surface area (Å²) in [6.45, 7) is 8.15. The lowest BCUT2D eigenvalue weighted by molar-refractivity contribution is -0.153. The van der Waals surface area contributed by atoms with Gasteiger partial charge in [-0.2, -0.15) is 0 Å². The number of hydrogen-bond acceptors (Lipinski definition) is 4. The van der Waals surface area contributed by atoms with Gasteiger partial charge in [0.2, 0.25) is 11.8 Å². The van der Waals surface area contributed by atoms with Crippen LogP contribution in [0.4, 0.5) is 0 Å². The van der Waals surface area contributed by atoms with Crippen LogP contribution in [0.1, 0.15) is 39.9 Å². The molecule has 1 aromatic rings. The zero-order chi connectivity index (χ0) is 15.6. The summed E-state index contributed by atoms with van der Waals surface area (Å²) in [7, 11) is 0. The first-order valence-corrected chi connectivity index (χ1v) is 7.46. The highest BCUT2D eigenvalue weighted by atomic mass is 16.5. The molecule has 0 spiro atoms. The molecular formula is C15H23N3O3. The molecule has 0 saturated carbocycles. The highest BCUT2D eigenvalue weighted by Crippen LogP contribution is 2.23. The zero-order valence-corrected chi connectivity index (χ0v) is 13.0. The third kappa shape index (κ3) is 3.09. The second kappa shape index (κ2) is 6.28. The Bertz CT molecular complexity index is 498. The van der Waals surface area contributed by atoms with E-state index >= 15 is 0 Å². The SMILES string of the molecule is CCC(C)C1NC(=O)C(C(C)C)N(Cc2ccno2)C1=O. The number of rotatable bonds is 5. The number of nitrogens with one attached hydrogen (secondary N) is 1. The summed E-state index contributed by atoms with van der Waals surface area (Å²) >= 11 is 0. The molecule has 1 fully saturated rings. The van der Waals surface area contributed by atoms with Crippen LogP contribution in [0, 0.1) is 11.8 Å². The number of aromatic nitrogens is 1. The maximum absolute atomic E-state index is 12.8. The van der Waals surface area contributed by atoms with E-state index in [2.05, 4.69) is 10.5 Å². The lowest BCUT2D eigenvalue weighted by atomic mass is 9.91. The minimum atomic E-state index is -0.470. The first kappa shape index (κ1) is 15.5. The molecular weight excluding hydrogens is 270 g/mol. The molecule has 0 bridgehead atoms. The van der Waals surface area contributed by atoms with E-state index in [9.17, 15) is 9.59 Å². The van der Waals surface area contributed by atoms with Gasteiger partial charge in [0, 0.05) is 6.07 Å². The smallest absolute Gasteiger partial charge is 0.246 e. The molecule has 1 N–H and O–H groups in total. The minimum absolute atomic E-state index is 0.0368. The Labute approximate surface area is 124 Å². The first-order chi connectivity index (χ1) is 9.95. The molecule has 6 heteroatoms. The van der Waals surface area contributed by atoms with Gasteiger partial charge in [-0.3, -0.25) is 9.59 Å². The molecule has 2 amide bonds. The van der Waals surface area contributed by atoms with E-state index in [-0.39, 0.29) is 30.2 Å². The Hall–Kier alpha value is -1.85. The Balaban J connectivity index is 2.28. The summed E-state index contributed by atoms with van der Waals surface area (Å²) in [5, 5.41) is 6.54. The van der Waals surface area contributed by atoms with E-state index < -0.39 is 12.1 Å². The molecule has 0 radical (unpaired) electrons. The molecule has 2 heterocycles. The first-order valence-electron chi connectivity index (χ1n) is 7.46. The van der Waals surface area contributed by atoms with E-state index in [1.54, 1.807) is 17.2 Å². The molecule has 1 aromatic heterocycles. The third-order valence-electron chi connectivity index (χ3n) is 4.11. The summed E-state index contributed by atoms with van der Waals surface area (Å²) in [6.07, 6.45) is 2.37. The molecule has 1 saturated heterocycles. The molecule has 116 valence electrons. The van der Waals surface area contributed by atoms with Gasteiger partial charge in [0.1, 0.15) is 12.1 Å². The van der Waals surface area contributed by atoms with Gasteiger partial charge in [0.15, 0.2) is 5.76 Å². The summed E-state index contributed by atoms with van der Waals surface area (Å²) in [6, 6.07) is 0.790. The van der Waals surface area contributed by atoms with Gasteiger partial charge in [-0.15, -0.1) is 0 Å². The van der Waals surface area contributed by atoms with Crippen LogP contribution in [0.15, 0.2) is 16.8 Å². The summed E-state index contributed by atoms with van der Waals surface area (Å²) in [5.41, 5.74) is 0. The van der Waals surface area contributed by atoms with Crippen LogP contribution in [-0.2, 0) is 16.1 Å². The fourth-order valence-electron chi connectivity index (χ4n) is 2.71. The quantitative estimate of drug-likeness (QED) is 0.894. The predicted octanol–water partition coefficient (Wildman–Crippen LogP) is 1.57. The fourth-order valence-corrected chi connectivity index (χ4v) is 2.71. The standard InChI is InChI=1S/C15H23N3O3/c1-5-10(4)12-15(20)18(8-11-6-7-16-21-11)13(9(2)3)14(19)17-12/h6-7,9-10,12-13H,5,8H2,1-4H3,(H,17,19). The third-order valence-corrected chi connectivity index (χ3v) is 4.11. The van der Waals surface area contributed by atoms with Crippen LogP contribution in [0.25, 0.3) is 0 Å². The zero-order valence-electron chi connectivity index (χ0n) is 13.0. The Kier molecular flexibility index (Phi) is 4.65. The van der Waals surface area contributed by atoms with E-state index in [4.69, 9.17) is 4.52 Å². The van der Waals surface area contributed by atoms with Gasteiger partial charge in [-0.25, -0.2) is 0 Å². The second-order valence-corrected chi connectivity index (χ2v) is 6.01. The van der Waals surface area contributed by atoms with Gasteiger partial charge < -0.3 is 14.7 Å². The highest BCUT2D eigenvalue weighted by Gasteiger charge is 2.43. The lowest BCUT2D eigenvalue weighted by Crippen LogP contribution is -2.65. The number of nitrogens with zero attached hydrogens (tertiary/aromatic N) is 2. The van der Waals surface area contributed by atoms with Crippen molar-refractivity contribution in [3.05, 3.63) is 18.0 Å². The molecule has 1 aliphatic rings. The number of piperazine rings is 1. The van der Waals surface area contributed by atoms with Crippen LogP contribution in [-0.4, -0.2) is 34.0 Å². The average molecular weight is 293 g/mol. The number of carbonyl (C=O) groups excluding carboxylic acids is 2. The van der Waals surface area contributed by atoms with Crippen LogP contribution < -0.4 is 5.32 Å². The van der Waals surface area contributed by atoms with Crippen molar-refractivity contribution < 1.29 is 14.1 Å². The lowest BCUT2D eigenvalue weighted by Gasteiger charge is -2.41. The number of hydrogen-bond donors (Lipinski definition) is 1. The van der Waals surface area contributed by atoms with Crippen LogP contribution in [0.5, 0.6) is 0 Å². The van der Waals surface area contributed by atoms with E-state index in [1.807, 2.05) is 27.7 Å². The molecule has 3 atom stereocenters. The molecule has 3 unspecified atom stereocenters. The van der Waals surface area contributed by atoms with Crippen molar-refractivity contribution in [2.24, 2.45) is 11.8 Å². The van der Waals surface area contributed by atoms with Gasteiger partial charge in [0.05, 0.1) is 12.7 Å². The fraction of sp³-hybridized carbons (Fsp3) is 0.667. The van der Waals surface area contributed by atoms with E-state index in [1.165, 1.54) is 0 Å². The maximum Gasteiger partial charge on any atom is 0.246 e. The van der Waals surface area contributed by atoms with Gasteiger partial charge >= 0.3 is 0 Å². The molecule has 21 heavy (non-hydrogen) atoms. The normalized spacial score (nSPS) is 24.3. The number of amides is 2. The summed E-state index contributed by atoms with van der Waals surface area (Å²) in [5.74, 6) is 0.599. The second-order valence-electron chi connectivity index (χ2n) is 6.01. The van der Waals surface area contributed by atoms with Crippen LogP contribution in [0.3, 0.4) is 0 Å². The summed E-state index contributed by atoms with van der Waals surface area (Å²) < 4.78 is 5.09. The average Bonchev–Trinajstić information content (AvgIpc) is 2.94. The monoisotopic (exact) mass is 293 g/mol. The molecule has 2 rings (SSSR count). The largest absolute Gasteiger partial charge is 0.360 e. The Morgan fingerprint density at radius 2 is 2.10 bits per heavy atom. The van der Waals surface area contributed by atoms with Crippen LogP contribution in [0.2, 0.25) is 0 Å². The van der Waals surface area contributed by atoms with Crippen molar-refractivity contribution in [3.8, 4) is 0 Å². The Morgan fingerprint density at radius 3 is 2.62 bits per heavy atom. The van der Waals surface area contributed by atoms with E-state index in [0.29, 0.717) is 5.76 Å². The van der Waals surface area contributed by atoms with Crippen molar-refractivity contribution >= 4 is 11.8 Å².